The predicted octanol–water partition coefficient (Wildman–Crippen LogP) is 5.43. The molecule has 1 aliphatic heterocycles. The summed E-state index contributed by atoms with van der Waals surface area (Å²) in [6, 6.07) is 17.1. The van der Waals surface area contributed by atoms with Crippen LogP contribution in [0.1, 0.15) is 35.7 Å². The Kier molecular flexibility index (Phi) is 6.24. The molecular formula is C26H30N4. The van der Waals surface area contributed by atoms with Gasteiger partial charge >= 0.3 is 0 Å². The monoisotopic (exact) mass is 398 g/mol. The normalized spacial score (nSPS) is 15.1. The molecule has 2 aromatic heterocycles. The molecule has 1 N–H and O–H groups in total. The number of aryl methyl sites for hydroxylation is 1. The van der Waals surface area contributed by atoms with E-state index in [-0.39, 0.29) is 0 Å². The number of benzene rings is 1. The average molecular weight is 399 g/mol. The predicted molar refractivity (Wildman–Crippen MR) is 125 cm³/mol. The van der Waals surface area contributed by atoms with Crippen LogP contribution in [0.5, 0.6) is 0 Å². The van der Waals surface area contributed by atoms with E-state index in [0.29, 0.717) is 5.92 Å². The number of nitrogens with zero attached hydrogens (tertiary/aromatic N) is 3. The van der Waals surface area contributed by atoms with Gasteiger partial charge in [-0.2, -0.15) is 0 Å². The molecule has 1 fully saturated rings. The van der Waals surface area contributed by atoms with Gasteiger partial charge in [0.25, 0.3) is 0 Å². The van der Waals surface area contributed by atoms with Crippen LogP contribution in [0.25, 0.3) is 11.1 Å². The highest BCUT2D eigenvalue weighted by atomic mass is 15.1. The van der Waals surface area contributed by atoms with Gasteiger partial charge in [0.15, 0.2) is 0 Å². The summed E-state index contributed by atoms with van der Waals surface area (Å²) in [5.74, 6) is 0.584. The van der Waals surface area contributed by atoms with Gasteiger partial charge in [-0.25, -0.2) is 0 Å². The zero-order valence-electron chi connectivity index (χ0n) is 17.9. The molecule has 1 saturated heterocycles. The van der Waals surface area contributed by atoms with Crippen molar-refractivity contribution < 1.29 is 0 Å². The minimum absolute atomic E-state index is 0.584. The Morgan fingerprint density at radius 1 is 1.03 bits per heavy atom. The van der Waals surface area contributed by atoms with Crippen molar-refractivity contribution in [1.29, 1.82) is 0 Å². The van der Waals surface area contributed by atoms with Crippen LogP contribution in [0.4, 0.5) is 5.69 Å². The smallest absolute Gasteiger partial charge is 0.0568 e. The first kappa shape index (κ1) is 20.3. The molecule has 0 atom stereocenters. The number of hydrogen-bond donors (Lipinski definition) is 1. The van der Waals surface area contributed by atoms with Crippen LogP contribution in [-0.4, -0.2) is 35.0 Å². The number of anilines is 1. The summed E-state index contributed by atoms with van der Waals surface area (Å²) >= 11 is 0. The molecule has 0 aliphatic carbocycles. The molecule has 0 bridgehead atoms. The van der Waals surface area contributed by atoms with Crippen LogP contribution in [0.2, 0.25) is 0 Å². The highest BCUT2D eigenvalue weighted by Crippen LogP contribution is 2.27. The first-order chi connectivity index (χ1) is 14.6. The standard InChI is InChI=1S/C26H30N4/c1-19-17-24(10-13-27-19)22-6-4-21(5-7-22)16-20(2)29-25-8-9-26(28-18-25)23-11-14-30(3)15-12-23/h4-10,13,17-18,23,29H,2,11-12,14-16H2,1,3H3. The summed E-state index contributed by atoms with van der Waals surface area (Å²) in [4.78, 5) is 11.4. The minimum Gasteiger partial charge on any atom is -0.358 e. The number of allylic oxidation sites excluding steroid dienone is 1. The SMILES string of the molecule is C=C(Cc1ccc(-c2ccnc(C)c2)cc1)Nc1ccc(C2CCN(C)CC2)nc1. The number of pyridine rings is 2. The lowest BCUT2D eigenvalue weighted by atomic mass is 9.93. The van der Waals surface area contributed by atoms with Crippen LogP contribution in [-0.2, 0) is 6.42 Å². The fourth-order valence-electron chi connectivity index (χ4n) is 4.06. The topological polar surface area (TPSA) is 41.1 Å². The summed E-state index contributed by atoms with van der Waals surface area (Å²) in [5.41, 5.74) is 7.85. The van der Waals surface area contributed by atoms with E-state index in [4.69, 9.17) is 4.98 Å². The molecule has 1 aromatic carbocycles. The Labute approximate surface area is 179 Å². The molecule has 0 amide bonds. The molecule has 0 unspecified atom stereocenters. The second-order valence-corrected chi connectivity index (χ2v) is 8.34. The fraction of sp³-hybridized carbons (Fsp3) is 0.308. The van der Waals surface area contributed by atoms with Crippen molar-refractivity contribution in [3.8, 4) is 11.1 Å². The van der Waals surface area contributed by atoms with Crippen molar-refractivity contribution in [3.63, 3.8) is 0 Å². The first-order valence-electron chi connectivity index (χ1n) is 10.7. The van der Waals surface area contributed by atoms with Crippen molar-refractivity contribution in [2.24, 2.45) is 0 Å². The Balaban J connectivity index is 1.33. The van der Waals surface area contributed by atoms with Gasteiger partial charge in [-0.1, -0.05) is 30.8 Å². The van der Waals surface area contributed by atoms with E-state index < -0.39 is 0 Å². The Hall–Kier alpha value is -2.98. The number of rotatable bonds is 6. The van der Waals surface area contributed by atoms with Gasteiger partial charge in [0.1, 0.15) is 0 Å². The second-order valence-electron chi connectivity index (χ2n) is 8.34. The quantitative estimate of drug-likeness (QED) is 0.601. The molecule has 4 nitrogen and oxygen atoms in total. The van der Waals surface area contributed by atoms with Gasteiger partial charge in [-0.3, -0.25) is 9.97 Å². The summed E-state index contributed by atoms with van der Waals surface area (Å²) in [6.07, 6.45) is 6.96. The zero-order valence-corrected chi connectivity index (χ0v) is 17.9. The minimum atomic E-state index is 0.584. The lowest BCUT2D eigenvalue weighted by Gasteiger charge is -2.28. The van der Waals surface area contributed by atoms with E-state index in [2.05, 4.69) is 71.3 Å². The average Bonchev–Trinajstić information content (AvgIpc) is 2.75. The molecule has 1 aliphatic rings. The third-order valence-corrected chi connectivity index (χ3v) is 5.85. The number of likely N-dealkylation sites (tertiary alicyclic amines) is 1. The highest BCUT2D eigenvalue weighted by molar-refractivity contribution is 5.63. The summed E-state index contributed by atoms with van der Waals surface area (Å²) in [5, 5.41) is 3.41. The van der Waals surface area contributed by atoms with Gasteiger partial charge in [0.05, 0.1) is 11.9 Å². The molecular weight excluding hydrogens is 368 g/mol. The zero-order chi connectivity index (χ0) is 20.9. The van der Waals surface area contributed by atoms with Crippen LogP contribution in [0.15, 0.2) is 73.2 Å². The van der Waals surface area contributed by atoms with Gasteiger partial charge in [0.2, 0.25) is 0 Å². The van der Waals surface area contributed by atoms with E-state index in [9.17, 15) is 0 Å². The highest BCUT2D eigenvalue weighted by Gasteiger charge is 2.19. The molecule has 30 heavy (non-hydrogen) atoms. The third-order valence-electron chi connectivity index (χ3n) is 5.85. The number of nitrogens with one attached hydrogen (secondary N) is 1. The summed E-state index contributed by atoms with van der Waals surface area (Å²) in [6.45, 7) is 8.53. The number of aromatic nitrogens is 2. The van der Waals surface area contributed by atoms with Crippen LogP contribution < -0.4 is 5.32 Å². The molecule has 0 radical (unpaired) electrons. The maximum atomic E-state index is 4.71. The Morgan fingerprint density at radius 3 is 2.47 bits per heavy atom. The first-order valence-corrected chi connectivity index (χ1v) is 10.7. The van der Waals surface area contributed by atoms with Crippen molar-refractivity contribution in [1.82, 2.24) is 14.9 Å². The molecule has 3 aromatic rings. The van der Waals surface area contributed by atoms with E-state index in [1.165, 1.54) is 35.2 Å². The van der Waals surface area contributed by atoms with Crippen molar-refractivity contribution in [2.45, 2.75) is 32.1 Å². The van der Waals surface area contributed by atoms with Crippen molar-refractivity contribution >= 4 is 5.69 Å². The number of hydrogen-bond acceptors (Lipinski definition) is 4. The molecule has 4 heteroatoms. The van der Waals surface area contributed by atoms with Gasteiger partial charge in [0, 0.05) is 35.6 Å². The lowest BCUT2D eigenvalue weighted by Crippen LogP contribution is -2.29. The largest absolute Gasteiger partial charge is 0.358 e. The fourth-order valence-corrected chi connectivity index (χ4v) is 4.06. The molecule has 154 valence electrons. The lowest BCUT2D eigenvalue weighted by molar-refractivity contribution is 0.253. The van der Waals surface area contributed by atoms with E-state index >= 15 is 0 Å². The van der Waals surface area contributed by atoms with Gasteiger partial charge in [-0.05, 0) is 80.9 Å². The van der Waals surface area contributed by atoms with Crippen LogP contribution in [0, 0.1) is 6.92 Å². The van der Waals surface area contributed by atoms with E-state index in [1.807, 2.05) is 25.4 Å². The van der Waals surface area contributed by atoms with Crippen molar-refractivity contribution in [2.75, 3.05) is 25.5 Å². The molecule has 0 saturated carbocycles. The van der Waals surface area contributed by atoms with Crippen LogP contribution >= 0.6 is 0 Å². The maximum Gasteiger partial charge on any atom is 0.0568 e. The molecule has 4 rings (SSSR count). The van der Waals surface area contributed by atoms with E-state index in [1.54, 1.807) is 0 Å². The van der Waals surface area contributed by atoms with Gasteiger partial charge < -0.3 is 10.2 Å². The second kappa shape index (κ2) is 9.23. The van der Waals surface area contributed by atoms with Gasteiger partial charge in [-0.15, -0.1) is 0 Å². The van der Waals surface area contributed by atoms with E-state index in [0.717, 1.165) is 36.6 Å². The number of piperidine rings is 1. The molecule has 3 heterocycles. The third kappa shape index (κ3) is 5.14. The summed E-state index contributed by atoms with van der Waals surface area (Å²) in [7, 11) is 2.19. The molecule has 0 spiro atoms. The van der Waals surface area contributed by atoms with Crippen molar-refractivity contribution in [3.05, 3.63) is 90.2 Å². The maximum absolute atomic E-state index is 4.71. The van der Waals surface area contributed by atoms with Crippen LogP contribution in [0.3, 0.4) is 0 Å². The Bertz CT molecular complexity index is 984. The Morgan fingerprint density at radius 2 is 1.80 bits per heavy atom. The summed E-state index contributed by atoms with van der Waals surface area (Å²) < 4.78 is 0.